The summed E-state index contributed by atoms with van der Waals surface area (Å²) in [5, 5.41) is 19.2. The average molecular weight is 346 g/mol. The van der Waals surface area contributed by atoms with E-state index in [9.17, 15) is 24.2 Å². The number of fused-ring (bicyclic) bond motifs is 1. The molecular weight excluding hydrogens is 327 g/mol. The first kappa shape index (κ1) is 16.1. The monoisotopic (exact) mass is 346 g/mol. The van der Waals surface area contributed by atoms with Crippen molar-refractivity contribution in [3.05, 3.63) is 39.9 Å². The second kappa shape index (κ2) is 5.56. The molecule has 0 radical (unpaired) electrons. The molecule has 0 bridgehead atoms. The van der Waals surface area contributed by atoms with Crippen molar-refractivity contribution in [2.24, 2.45) is 0 Å². The van der Waals surface area contributed by atoms with E-state index >= 15 is 0 Å². The number of nitrogens with zero attached hydrogens (tertiary/aromatic N) is 2. The van der Waals surface area contributed by atoms with Gasteiger partial charge in [-0.2, -0.15) is 0 Å². The maximum Gasteiger partial charge on any atom is 0.341 e. The molecule has 2 fully saturated rings. The third-order valence-corrected chi connectivity index (χ3v) is 5.23. The van der Waals surface area contributed by atoms with Gasteiger partial charge in [0.2, 0.25) is 5.43 Å². The van der Waals surface area contributed by atoms with Gasteiger partial charge in [0.15, 0.2) is 0 Å². The van der Waals surface area contributed by atoms with Crippen LogP contribution in [0.15, 0.2) is 23.1 Å². The van der Waals surface area contributed by atoms with Gasteiger partial charge in [0, 0.05) is 24.2 Å². The second-order valence-electron chi connectivity index (χ2n) is 6.83. The SMILES string of the molecule is CC[C@H]1[C@@H](O)CN1c1cc2c(cc1F)c(=O)c(C(=O)O)cn2C1CC1. The molecule has 1 saturated heterocycles. The second-order valence-corrected chi connectivity index (χ2v) is 6.83. The Morgan fingerprint density at radius 3 is 2.64 bits per heavy atom. The number of hydrogen-bond acceptors (Lipinski definition) is 4. The van der Waals surface area contributed by atoms with Crippen molar-refractivity contribution < 1.29 is 19.4 Å². The number of anilines is 1. The molecule has 2 aromatic rings. The smallest absolute Gasteiger partial charge is 0.341 e. The number of pyridine rings is 1. The number of β-amino-alcohol motifs (C(OH)–C–C–N with tert-alkyl or cyclic N) is 1. The summed E-state index contributed by atoms with van der Waals surface area (Å²) in [6.07, 6.45) is 3.38. The van der Waals surface area contributed by atoms with Crippen LogP contribution < -0.4 is 10.3 Å². The van der Waals surface area contributed by atoms with Crippen LogP contribution in [0.2, 0.25) is 0 Å². The summed E-state index contributed by atoms with van der Waals surface area (Å²) in [4.78, 5) is 25.6. The molecule has 2 atom stereocenters. The molecule has 0 spiro atoms. The van der Waals surface area contributed by atoms with E-state index in [0.29, 0.717) is 24.2 Å². The lowest BCUT2D eigenvalue weighted by Crippen LogP contribution is -2.60. The Bertz CT molecular complexity index is 935. The van der Waals surface area contributed by atoms with Crippen molar-refractivity contribution in [2.75, 3.05) is 11.4 Å². The number of carboxylic acids is 1. The number of rotatable bonds is 4. The first-order valence-corrected chi connectivity index (χ1v) is 8.48. The minimum absolute atomic E-state index is 0.0853. The van der Waals surface area contributed by atoms with Crippen molar-refractivity contribution in [3.63, 3.8) is 0 Å². The van der Waals surface area contributed by atoms with Gasteiger partial charge < -0.3 is 19.7 Å². The normalized spacial score (nSPS) is 22.9. The summed E-state index contributed by atoms with van der Waals surface area (Å²) in [5.41, 5.74) is -0.107. The molecule has 1 aliphatic carbocycles. The van der Waals surface area contributed by atoms with Gasteiger partial charge in [0.1, 0.15) is 11.4 Å². The van der Waals surface area contributed by atoms with E-state index in [1.54, 1.807) is 15.5 Å². The van der Waals surface area contributed by atoms with E-state index in [0.717, 1.165) is 18.9 Å². The molecule has 1 aromatic heterocycles. The third kappa shape index (κ3) is 2.41. The lowest BCUT2D eigenvalue weighted by molar-refractivity contribution is 0.0694. The minimum atomic E-state index is -1.30. The first-order chi connectivity index (χ1) is 11.9. The van der Waals surface area contributed by atoms with Gasteiger partial charge in [-0.25, -0.2) is 9.18 Å². The summed E-state index contributed by atoms with van der Waals surface area (Å²) < 4.78 is 16.4. The molecule has 1 saturated carbocycles. The zero-order valence-corrected chi connectivity index (χ0v) is 13.8. The lowest BCUT2D eigenvalue weighted by atomic mass is 9.95. The summed E-state index contributed by atoms with van der Waals surface area (Å²) >= 11 is 0. The molecule has 2 N–H and O–H groups in total. The highest BCUT2D eigenvalue weighted by Crippen LogP contribution is 2.39. The van der Waals surface area contributed by atoms with Gasteiger partial charge in [-0.05, 0) is 31.4 Å². The fraction of sp³-hybridized carbons (Fsp3) is 0.444. The highest BCUT2D eigenvalue weighted by molar-refractivity contribution is 5.93. The van der Waals surface area contributed by atoms with E-state index in [2.05, 4.69) is 0 Å². The Kier molecular flexibility index (Phi) is 3.57. The largest absolute Gasteiger partial charge is 0.477 e. The van der Waals surface area contributed by atoms with Crippen molar-refractivity contribution in [1.82, 2.24) is 4.57 Å². The molecule has 25 heavy (non-hydrogen) atoms. The molecule has 4 rings (SSSR count). The van der Waals surface area contributed by atoms with Crippen LogP contribution in [0.4, 0.5) is 10.1 Å². The number of halogens is 1. The van der Waals surface area contributed by atoms with Crippen molar-refractivity contribution >= 4 is 22.6 Å². The molecule has 1 aromatic carbocycles. The van der Waals surface area contributed by atoms with Crippen LogP contribution in [0.25, 0.3) is 10.9 Å². The zero-order valence-electron chi connectivity index (χ0n) is 13.8. The van der Waals surface area contributed by atoms with E-state index < -0.39 is 23.3 Å². The molecule has 7 heteroatoms. The van der Waals surface area contributed by atoms with Gasteiger partial charge in [-0.3, -0.25) is 4.79 Å². The van der Waals surface area contributed by atoms with Crippen molar-refractivity contribution in [2.45, 2.75) is 44.4 Å². The van der Waals surface area contributed by atoms with Crippen LogP contribution in [-0.4, -0.2) is 39.4 Å². The summed E-state index contributed by atoms with van der Waals surface area (Å²) in [6.45, 7) is 2.28. The lowest BCUT2D eigenvalue weighted by Gasteiger charge is -2.47. The standard InChI is InChI=1S/C18H19FN2O4/c1-2-13-16(22)8-21(13)15-6-14-10(5-12(15)19)17(23)11(18(24)25)7-20(14)9-3-4-9/h5-7,9,13,16,22H,2-4,8H2,1H3,(H,24,25)/t13-,16-/m0/s1. The fourth-order valence-corrected chi connectivity index (χ4v) is 3.68. The Balaban J connectivity index is 1.93. The van der Waals surface area contributed by atoms with Gasteiger partial charge in [0.05, 0.1) is 23.3 Å². The first-order valence-electron chi connectivity index (χ1n) is 8.48. The molecule has 2 heterocycles. The van der Waals surface area contributed by atoms with Crippen molar-refractivity contribution in [3.8, 4) is 0 Å². The van der Waals surface area contributed by atoms with Gasteiger partial charge >= 0.3 is 5.97 Å². The quantitative estimate of drug-likeness (QED) is 0.886. The summed E-state index contributed by atoms with van der Waals surface area (Å²) in [6, 6.07) is 2.75. The summed E-state index contributed by atoms with van der Waals surface area (Å²) in [5.74, 6) is -1.87. The van der Waals surface area contributed by atoms with E-state index in [4.69, 9.17) is 0 Å². The number of benzene rings is 1. The van der Waals surface area contributed by atoms with Crippen LogP contribution in [-0.2, 0) is 0 Å². The Morgan fingerprint density at radius 1 is 1.36 bits per heavy atom. The number of hydrogen-bond donors (Lipinski definition) is 2. The Hall–Kier alpha value is -2.41. The molecule has 0 amide bonds. The third-order valence-electron chi connectivity index (χ3n) is 5.23. The predicted octanol–water partition coefficient (Wildman–Crippen LogP) is 2.13. The van der Waals surface area contributed by atoms with Crippen LogP contribution in [0.1, 0.15) is 42.6 Å². The van der Waals surface area contributed by atoms with E-state index in [-0.39, 0.29) is 23.0 Å². The van der Waals surface area contributed by atoms with E-state index in [1.807, 2.05) is 6.92 Å². The topological polar surface area (TPSA) is 82.8 Å². The number of aromatic carboxylic acids is 1. The number of aliphatic hydroxyl groups excluding tert-OH is 1. The van der Waals surface area contributed by atoms with Crippen LogP contribution >= 0.6 is 0 Å². The number of carbonyl (C=O) groups is 1. The Labute approximate surface area is 143 Å². The highest BCUT2D eigenvalue weighted by Gasteiger charge is 2.38. The molecular formula is C18H19FN2O4. The Morgan fingerprint density at radius 2 is 2.08 bits per heavy atom. The maximum atomic E-state index is 14.7. The molecule has 6 nitrogen and oxygen atoms in total. The average Bonchev–Trinajstić information content (AvgIpc) is 3.38. The summed E-state index contributed by atoms with van der Waals surface area (Å²) in [7, 11) is 0. The van der Waals surface area contributed by atoms with E-state index in [1.165, 1.54) is 6.20 Å². The number of aliphatic hydroxyl groups is 1. The molecule has 0 unspecified atom stereocenters. The fourth-order valence-electron chi connectivity index (χ4n) is 3.68. The van der Waals surface area contributed by atoms with Gasteiger partial charge in [-0.15, -0.1) is 0 Å². The molecule has 1 aliphatic heterocycles. The van der Waals surface area contributed by atoms with Gasteiger partial charge in [0.25, 0.3) is 0 Å². The highest BCUT2D eigenvalue weighted by atomic mass is 19.1. The minimum Gasteiger partial charge on any atom is -0.477 e. The van der Waals surface area contributed by atoms with Crippen LogP contribution in [0, 0.1) is 5.82 Å². The van der Waals surface area contributed by atoms with Crippen LogP contribution in [0.3, 0.4) is 0 Å². The molecule has 2 aliphatic rings. The maximum absolute atomic E-state index is 14.7. The van der Waals surface area contributed by atoms with Crippen molar-refractivity contribution in [1.29, 1.82) is 0 Å². The number of carboxylic acid groups (broad SMARTS) is 1. The van der Waals surface area contributed by atoms with Gasteiger partial charge in [-0.1, -0.05) is 6.92 Å². The predicted molar refractivity (Wildman–Crippen MR) is 90.8 cm³/mol. The van der Waals surface area contributed by atoms with Crippen LogP contribution in [0.5, 0.6) is 0 Å². The molecule has 132 valence electrons. The zero-order chi connectivity index (χ0) is 17.9. The number of aromatic nitrogens is 1.